The summed E-state index contributed by atoms with van der Waals surface area (Å²) >= 11 is 0. The van der Waals surface area contributed by atoms with Crippen molar-refractivity contribution in [2.45, 2.75) is 33.7 Å². The number of furan rings is 1. The molecule has 0 unspecified atom stereocenters. The molecule has 0 spiro atoms. The van der Waals surface area contributed by atoms with Crippen LogP contribution in [0.4, 0.5) is 14.5 Å². The summed E-state index contributed by atoms with van der Waals surface area (Å²) < 4.78 is 34.6. The van der Waals surface area contributed by atoms with Gasteiger partial charge >= 0.3 is 0 Å². The second-order valence-electron chi connectivity index (χ2n) is 7.38. The van der Waals surface area contributed by atoms with Crippen LogP contribution in [0.25, 0.3) is 22.3 Å². The smallest absolute Gasteiger partial charge is 0.256 e. The van der Waals surface area contributed by atoms with Crippen LogP contribution in [0.15, 0.2) is 40.9 Å². The molecule has 0 saturated carbocycles. The van der Waals surface area contributed by atoms with Crippen LogP contribution in [0.3, 0.4) is 0 Å². The molecule has 0 fully saturated rings. The van der Waals surface area contributed by atoms with Gasteiger partial charge in [-0.15, -0.1) is 0 Å². The fourth-order valence-electron chi connectivity index (χ4n) is 3.39. The van der Waals surface area contributed by atoms with Gasteiger partial charge in [-0.3, -0.25) is 4.79 Å². The first-order valence-corrected chi connectivity index (χ1v) is 9.46. The Morgan fingerprint density at radius 3 is 2.57 bits per heavy atom. The number of aryl methyl sites for hydroxylation is 2. The topological polar surface area (TPSA) is 73.0 Å². The second-order valence-corrected chi connectivity index (χ2v) is 7.38. The third-order valence-electron chi connectivity index (χ3n) is 4.80. The number of nitrogens with zero attached hydrogens (tertiary/aromatic N) is 3. The van der Waals surface area contributed by atoms with Gasteiger partial charge in [0.05, 0.1) is 28.5 Å². The Morgan fingerprint density at radius 1 is 1.17 bits per heavy atom. The predicted octanol–water partition coefficient (Wildman–Crippen LogP) is 5.42. The van der Waals surface area contributed by atoms with Gasteiger partial charge in [0, 0.05) is 17.7 Å². The molecule has 4 rings (SSSR count). The third kappa shape index (κ3) is 3.45. The SMILES string of the molecule is Cc1cc(-c2cc(C(=O)Nc3ccc(F)cc3F)c3cnn(C(C)C)c3n2)c(C)o1. The summed E-state index contributed by atoms with van der Waals surface area (Å²) in [5, 5.41) is 7.41. The van der Waals surface area contributed by atoms with Crippen molar-refractivity contribution in [3.05, 3.63) is 65.2 Å². The lowest BCUT2D eigenvalue weighted by atomic mass is 10.1. The Kier molecular flexibility index (Phi) is 4.85. The normalized spacial score (nSPS) is 11.4. The number of hydrogen-bond acceptors (Lipinski definition) is 4. The third-order valence-corrected chi connectivity index (χ3v) is 4.80. The van der Waals surface area contributed by atoms with Crippen molar-refractivity contribution in [1.82, 2.24) is 14.8 Å². The van der Waals surface area contributed by atoms with Crippen molar-refractivity contribution < 1.29 is 18.0 Å². The van der Waals surface area contributed by atoms with E-state index in [0.717, 1.165) is 23.5 Å². The summed E-state index contributed by atoms with van der Waals surface area (Å²) in [5.41, 5.74) is 2.01. The summed E-state index contributed by atoms with van der Waals surface area (Å²) in [6.07, 6.45) is 1.57. The molecule has 1 aromatic carbocycles. The van der Waals surface area contributed by atoms with E-state index in [-0.39, 0.29) is 17.3 Å². The summed E-state index contributed by atoms with van der Waals surface area (Å²) in [5.74, 6) is -0.724. The van der Waals surface area contributed by atoms with E-state index < -0.39 is 17.5 Å². The average molecular weight is 410 g/mol. The van der Waals surface area contributed by atoms with Gasteiger partial charge in [-0.2, -0.15) is 5.10 Å². The van der Waals surface area contributed by atoms with E-state index in [1.54, 1.807) is 16.9 Å². The van der Waals surface area contributed by atoms with E-state index in [2.05, 4.69) is 10.4 Å². The number of aromatic nitrogens is 3. The molecule has 6 nitrogen and oxygen atoms in total. The van der Waals surface area contributed by atoms with E-state index in [0.29, 0.717) is 22.5 Å². The highest BCUT2D eigenvalue weighted by molar-refractivity contribution is 6.12. The molecule has 3 heterocycles. The molecule has 0 aliphatic heterocycles. The van der Waals surface area contributed by atoms with Gasteiger partial charge in [0.25, 0.3) is 5.91 Å². The summed E-state index contributed by atoms with van der Waals surface area (Å²) in [6, 6.07) is 6.48. The number of benzene rings is 1. The highest BCUT2D eigenvalue weighted by Gasteiger charge is 2.21. The standard InChI is InChI=1S/C22H20F2N4O2/c1-11(2)28-21-17(10-25-28)16(9-20(26-21)15-7-12(3)30-13(15)4)22(29)27-19-6-5-14(23)8-18(19)24/h5-11H,1-4H3,(H,27,29). The molecule has 0 radical (unpaired) electrons. The molecular formula is C22H20F2N4O2. The first-order valence-electron chi connectivity index (χ1n) is 9.46. The molecule has 3 aromatic heterocycles. The van der Waals surface area contributed by atoms with E-state index in [1.807, 2.05) is 33.8 Å². The fourth-order valence-corrected chi connectivity index (χ4v) is 3.39. The Hall–Kier alpha value is -3.55. The molecule has 0 saturated heterocycles. The maximum Gasteiger partial charge on any atom is 0.256 e. The van der Waals surface area contributed by atoms with Crippen LogP contribution >= 0.6 is 0 Å². The van der Waals surface area contributed by atoms with Crippen molar-refractivity contribution in [3.63, 3.8) is 0 Å². The number of carbonyl (C=O) groups excluding carboxylic acids is 1. The van der Waals surface area contributed by atoms with Gasteiger partial charge < -0.3 is 9.73 Å². The van der Waals surface area contributed by atoms with Gasteiger partial charge in [0.1, 0.15) is 23.2 Å². The number of nitrogens with one attached hydrogen (secondary N) is 1. The lowest BCUT2D eigenvalue weighted by Crippen LogP contribution is -2.14. The molecule has 8 heteroatoms. The van der Waals surface area contributed by atoms with Crippen molar-refractivity contribution >= 4 is 22.6 Å². The summed E-state index contributed by atoms with van der Waals surface area (Å²) in [4.78, 5) is 17.8. The van der Waals surface area contributed by atoms with Crippen LogP contribution in [0.2, 0.25) is 0 Å². The van der Waals surface area contributed by atoms with Gasteiger partial charge in [0.15, 0.2) is 5.65 Å². The number of halogens is 2. The lowest BCUT2D eigenvalue weighted by Gasteiger charge is -2.11. The maximum absolute atomic E-state index is 14.1. The number of carbonyl (C=O) groups is 1. The monoisotopic (exact) mass is 410 g/mol. The number of fused-ring (bicyclic) bond motifs is 1. The highest BCUT2D eigenvalue weighted by Crippen LogP contribution is 2.30. The van der Waals surface area contributed by atoms with Crippen molar-refractivity contribution in [3.8, 4) is 11.3 Å². The number of rotatable bonds is 4. The van der Waals surface area contributed by atoms with E-state index in [4.69, 9.17) is 9.40 Å². The zero-order valence-electron chi connectivity index (χ0n) is 17.0. The Balaban J connectivity index is 1.87. The summed E-state index contributed by atoms with van der Waals surface area (Å²) in [7, 11) is 0. The number of hydrogen-bond donors (Lipinski definition) is 1. The van der Waals surface area contributed by atoms with Crippen LogP contribution in [-0.2, 0) is 0 Å². The predicted molar refractivity (Wildman–Crippen MR) is 109 cm³/mol. The lowest BCUT2D eigenvalue weighted by molar-refractivity contribution is 0.102. The van der Waals surface area contributed by atoms with Crippen LogP contribution in [-0.4, -0.2) is 20.7 Å². The summed E-state index contributed by atoms with van der Waals surface area (Å²) in [6.45, 7) is 7.57. The van der Waals surface area contributed by atoms with Crippen molar-refractivity contribution in [2.75, 3.05) is 5.32 Å². The van der Waals surface area contributed by atoms with E-state index in [9.17, 15) is 13.6 Å². The van der Waals surface area contributed by atoms with Gasteiger partial charge in [-0.1, -0.05) is 0 Å². The first-order chi connectivity index (χ1) is 14.2. The van der Waals surface area contributed by atoms with E-state index in [1.165, 1.54) is 6.07 Å². The van der Waals surface area contributed by atoms with Crippen LogP contribution in [0.5, 0.6) is 0 Å². The minimum atomic E-state index is -0.854. The highest BCUT2D eigenvalue weighted by atomic mass is 19.1. The molecule has 0 bridgehead atoms. The second kappa shape index (κ2) is 7.37. The number of anilines is 1. The van der Waals surface area contributed by atoms with Crippen molar-refractivity contribution in [1.29, 1.82) is 0 Å². The molecule has 1 N–H and O–H groups in total. The van der Waals surface area contributed by atoms with Gasteiger partial charge in [-0.05, 0) is 52.0 Å². The quantitative estimate of drug-likeness (QED) is 0.488. The molecule has 154 valence electrons. The fraction of sp³-hybridized carbons (Fsp3) is 0.227. The van der Waals surface area contributed by atoms with Crippen LogP contribution in [0.1, 0.15) is 41.8 Å². The number of amides is 1. The Morgan fingerprint density at radius 2 is 1.93 bits per heavy atom. The molecular weight excluding hydrogens is 390 g/mol. The molecule has 30 heavy (non-hydrogen) atoms. The molecule has 1 amide bonds. The zero-order valence-corrected chi connectivity index (χ0v) is 17.0. The minimum Gasteiger partial charge on any atom is -0.466 e. The van der Waals surface area contributed by atoms with Gasteiger partial charge in [-0.25, -0.2) is 18.4 Å². The van der Waals surface area contributed by atoms with Crippen molar-refractivity contribution in [2.24, 2.45) is 0 Å². The largest absolute Gasteiger partial charge is 0.466 e. The Labute approximate surface area is 171 Å². The first kappa shape index (κ1) is 19.8. The van der Waals surface area contributed by atoms with E-state index >= 15 is 0 Å². The van der Waals surface area contributed by atoms with Crippen LogP contribution < -0.4 is 5.32 Å². The minimum absolute atomic E-state index is 0.0166. The molecule has 0 aliphatic rings. The maximum atomic E-state index is 14.1. The molecule has 4 aromatic rings. The van der Waals surface area contributed by atoms with Gasteiger partial charge in [0.2, 0.25) is 0 Å². The molecule has 0 aliphatic carbocycles. The number of pyridine rings is 1. The molecule has 0 atom stereocenters. The van der Waals surface area contributed by atoms with Crippen LogP contribution in [0, 0.1) is 25.5 Å². The Bertz CT molecular complexity index is 1270. The zero-order chi connectivity index (χ0) is 21.6. The average Bonchev–Trinajstić information content (AvgIpc) is 3.25.